The monoisotopic (exact) mass is 401 g/mol. The molecule has 2 aromatic rings. The molecule has 2 atom stereocenters. The van der Waals surface area contributed by atoms with Crippen LogP contribution in [0, 0.1) is 0 Å². The van der Waals surface area contributed by atoms with Crippen LogP contribution in [-0.2, 0) is 4.74 Å². The van der Waals surface area contributed by atoms with E-state index in [9.17, 15) is 15.0 Å². The first-order chi connectivity index (χ1) is 13.8. The number of nitrogens with zero attached hydrogens (tertiary/aromatic N) is 1. The van der Waals surface area contributed by atoms with Crippen molar-refractivity contribution in [2.24, 2.45) is 0 Å². The number of aliphatic hydroxyl groups excluding tert-OH is 1. The molecule has 2 saturated heterocycles. The first kappa shape index (κ1) is 19.9. The van der Waals surface area contributed by atoms with Crippen molar-refractivity contribution in [3.05, 3.63) is 42.2 Å². The van der Waals surface area contributed by atoms with Gasteiger partial charge in [-0.1, -0.05) is 0 Å². The minimum Gasteiger partial charge on any atom is -0.497 e. The third-order valence-corrected chi connectivity index (χ3v) is 6.17. The highest BCUT2D eigenvalue weighted by molar-refractivity contribution is 5.92. The number of piperidine rings is 1. The molecule has 29 heavy (non-hydrogen) atoms. The smallest absolute Gasteiger partial charge is 0.289 e. The lowest BCUT2D eigenvalue weighted by Gasteiger charge is -2.51. The fourth-order valence-corrected chi connectivity index (χ4v) is 4.27. The number of methoxy groups -OCH3 is 1. The maximum Gasteiger partial charge on any atom is 0.289 e. The van der Waals surface area contributed by atoms with E-state index in [1.807, 2.05) is 24.3 Å². The zero-order chi connectivity index (χ0) is 20.6. The highest BCUT2D eigenvalue weighted by Crippen LogP contribution is 2.40. The number of hydrogen-bond acceptors (Lipinski definition) is 6. The van der Waals surface area contributed by atoms with Gasteiger partial charge < -0.3 is 29.0 Å². The van der Waals surface area contributed by atoms with Gasteiger partial charge >= 0.3 is 0 Å². The van der Waals surface area contributed by atoms with Gasteiger partial charge in [0.25, 0.3) is 5.91 Å². The Bertz CT molecular complexity index is 864. The van der Waals surface area contributed by atoms with Crippen LogP contribution in [0.15, 0.2) is 40.8 Å². The van der Waals surface area contributed by atoms with Crippen LogP contribution in [0.1, 0.15) is 36.7 Å². The van der Waals surface area contributed by atoms with Gasteiger partial charge in [0.05, 0.1) is 19.3 Å². The molecule has 0 bridgehead atoms. The first-order valence-electron chi connectivity index (χ1n) is 9.93. The normalized spacial score (nSPS) is 26.5. The number of amides is 1. The molecule has 7 heteroatoms. The van der Waals surface area contributed by atoms with Crippen molar-refractivity contribution in [2.75, 3.05) is 26.8 Å². The summed E-state index contributed by atoms with van der Waals surface area (Å²) < 4.78 is 16.8. The van der Waals surface area contributed by atoms with Crippen LogP contribution in [0.2, 0.25) is 0 Å². The Kier molecular flexibility index (Phi) is 5.14. The Morgan fingerprint density at radius 2 is 1.83 bits per heavy atom. The van der Waals surface area contributed by atoms with Gasteiger partial charge in [0, 0.05) is 25.1 Å². The van der Waals surface area contributed by atoms with Gasteiger partial charge in [-0.15, -0.1) is 0 Å². The van der Waals surface area contributed by atoms with Gasteiger partial charge in [-0.05, 0) is 56.2 Å². The van der Waals surface area contributed by atoms with E-state index in [0.717, 1.165) is 11.3 Å². The lowest BCUT2D eigenvalue weighted by molar-refractivity contribution is -0.244. The average Bonchev–Trinajstić information content (AvgIpc) is 3.22. The predicted octanol–water partition coefficient (Wildman–Crippen LogP) is 2.46. The fourth-order valence-electron chi connectivity index (χ4n) is 4.27. The molecule has 1 amide bonds. The van der Waals surface area contributed by atoms with E-state index in [1.54, 1.807) is 31.1 Å². The number of hydrogen-bond donors (Lipinski definition) is 2. The van der Waals surface area contributed by atoms with Crippen LogP contribution < -0.4 is 4.74 Å². The first-order valence-corrected chi connectivity index (χ1v) is 9.93. The second-order valence-corrected chi connectivity index (χ2v) is 8.11. The molecule has 0 radical (unpaired) electrons. The van der Waals surface area contributed by atoms with Crippen molar-refractivity contribution >= 4 is 5.91 Å². The molecule has 0 aliphatic carbocycles. The summed E-state index contributed by atoms with van der Waals surface area (Å²) in [4.78, 5) is 14.6. The summed E-state index contributed by atoms with van der Waals surface area (Å²) in [5.74, 6) is 1.47. The van der Waals surface area contributed by atoms with E-state index in [2.05, 4.69) is 0 Å². The van der Waals surface area contributed by atoms with Crippen molar-refractivity contribution in [2.45, 2.75) is 43.5 Å². The molecule has 2 aliphatic heterocycles. The number of aliphatic hydroxyl groups is 2. The number of rotatable bonds is 3. The summed E-state index contributed by atoms with van der Waals surface area (Å²) in [5.41, 5.74) is -1.10. The molecule has 0 saturated carbocycles. The zero-order valence-electron chi connectivity index (χ0n) is 16.8. The van der Waals surface area contributed by atoms with Gasteiger partial charge in [0.1, 0.15) is 23.2 Å². The molecule has 2 fully saturated rings. The summed E-state index contributed by atoms with van der Waals surface area (Å²) in [6, 6.07) is 10.9. The van der Waals surface area contributed by atoms with Crippen LogP contribution in [0.25, 0.3) is 11.3 Å². The minimum atomic E-state index is -1.17. The predicted molar refractivity (Wildman–Crippen MR) is 106 cm³/mol. The van der Waals surface area contributed by atoms with Gasteiger partial charge in [-0.2, -0.15) is 0 Å². The van der Waals surface area contributed by atoms with Crippen LogP contribution in [-0.4, -0.2) is 65.1 Å². The van der Waals surface area contributed by atoms with Crippen molar-refractivity contribution < 1.29 is 28.9 Å². The van der Waals surface area contributed by atoms with Crippen molar-refractivity contribution in [1.82, 2.24) is 4.90 Å². The SMILES string of the molecule is COc1ccc(-c2ccc(C(=O)N3CCC4(CC3)OCC[C@@](C)(O)[C@@H]4O)o2)cc1. The van der Waals surface area contributed by atoms with E-state index in [4.69, 9.17) is 13.9 Å². The van der Waals surface area contributed by atoms with E-state index in [1.165, 1.54) is 0 Å². The maximum absolute atomic E-state index is 12.9. The molecule has 3 heterocycles. The van der Waals surface area contributed by atoms with Gasteiger partial charge in [-0.25, -0.2) is 0 Å². The van der Waals surface area contributed by atoms with Crippen molar-refractivity contribution in [1.29, 1.82) is 0 Å². The molecule has 1 aromatic carbocycles. The molecule has 1 spiro atoms. The van der Waals surface area contributed by atoms with Gasteiger partial charge in [0.15, 0.2) is 5.76 Å². The van der Waals surface area contributed by atoms with Crippen molar-refractivity contribution in [3.63, 3.8) is 0 Å². The average molecular weight is 401 g/mol. The van der Waals surface area contributed by atoms with Crippen LogP contribution in [0.3, 0.4) is 0 Å². The quantitative estimate of drug-likeness (QED) is 0.821. The second kappa shape index (κ2) is 7.48. The van der Waals surface area contributed by atoms with Crippen LogP contribution in [0.5, 0.6) is 5.75 Å². The molecular weight excluding hydrogens is 374 g/mol. The van der Waals surface area contributed by atoms with Crippen molar-refractivity contribution in [3.8, 4) is 17.1 Å². The second-order valence-electron chi connectivity index (χ2n) is 8.11. The number of ether oxygens (including phenoxy) is 2. The molecule has 2 N–H and O–H groups in total. The molecule has 0 unspecified atom stereocenters. The number of carbonyl (C=O) groups excluding carboxylic acids is 1. The Hall–Kier alpha value is -2.35. The van der Waals surface area contributed by atoms with E-state index in [0.29, 0.717) is 44.7 Å². The molecule has 4 rings (SSSR count). The fraction of sp³-hybridized carbons (Fsp3) is 0.500. The highest BCUT2D eigenvalue weighted by atomic mass is 16.5. The largest absolute Gasteiger partial charge is 0.497 e. The number of carbonyl (C=O) groups is 1. The lowest BCUT2D eigenvalue weighted by Crippen LogP contribution is -2.64. The Balaban J connectivity index is 1.43. The molecule has 156 valence electrons. The summed E-state index contributed by atoms with van der Waals surface area (Å²) in [7, 11) is 1.61. The third-order valence-electron chi connectivity index (χ3n) is 6.17. The number of likely N-dealkylation sites (tertiary alicyclic amines) is 1. The molecule has 1 aromatic heterocycles. The van der Waals surface area contributed by atoms with E-state index in [-0.39, 0.29) is 11.7 Å². The maximum atomic E-state index is 12.9. The third kappa shape index (κ3) is 3.66. The summed E-state index contributed by atoms with van der Waals surface area (Å²) in [6.07, 6.45) is 0.384. The lowest BCUT2D eigenvalue weighted by atomic mass is 9.75. The zero-order valence-corrected chi connectivity index (χ0v) is 16.8. The molecule has 7 nitrogen and oxygen atoms in total. The number of furan rings is 1. The Morgan fingerprint density at radius 1 is 1.14 bits per heavy atom. The summed E-state index contributed by atoms with van der Waals surface area (Å²) >= 11 is 0. The van der Waals surface area contributed by atoms with Crippen LogP contribution in [0.4, 0.5) is 0 Å². The molecule has 2 aliphatic rings. The minimum absolute atomic E-state index is 0.184. The number of benzene rings is 1. The summed E-state index contributed by atoms with van der Waals surface area (Å²) in [6.45, 7) is 2.92. The summed E-state index contributed by atoms with van der Waals surface area (Å²) in [5, 5.41) is 21.0. The van der Waals surface area contributed by atoms with Gasteiger partial charge in [-0.3, -0.25) is 4.79 Å². The van der Waals surface area contributed by atoms with E-state index >= 15 is 0 Å². The van der Waals surface area contributed by atoms with E-state index < -0.39 is 17.3 Å². The Labute approximate surface area is 169 Å². The standard InChI is InChI=1S/C22H27NO6/c1-21(26)11-14-28-22(20(21)25)9-12-23(13-10-22)19(24)18-8-7-17(29-18)15-3-5-16(27-2)6-4-15/h3-8,20,25-26H,9-14H2,1-2H3/t20-,21+/m0/s1. The topological polar surface area (TPSA) is 92.4 Å². The highest BCUT2D eigenvalue weighted by Gasteiger charge is 2.53. The Morgan fingerprint density at radius 3 is 2.48 bits per heavy atom. The van der Waals surface area contributed by atoms with Crippen LogP contribution >= 0.6 is 0 Å². The molecular formula is C22H27NO6. The van der Waals surface area contributed by atoms with Gasteiger partial charge in [0.2, 0.25) is 0 Å².